The number of aliphatic hydroxyl groups excluding tert-OH is 2. The molecule has 0 heterocycles. The highest BCUT2D eigenvalue weighted by atomic mass is 19.4. The number of ether oxygens (including phenoxy) is 1. The molecule has 1 aromatic rings. The van der Waals surface area contributed by atoms with E-state index >= 15 is 0 Å². The van der Waals surface area contributed by atoms with Crippen LogP contribution in [0.5, 0.6) is 5.75 Å². The maximum atomic E-state index is 12.3. The summed E-state index contributed by atoms with van der Waals surface area (Å²) in [6.07, 6.45) is -8.05. The van der Waals surface area contributed by atoms with Gasteiger partial charge in [0, 0.05) is 13.1 Å². The van der Waals surface area contributed by atoms with Gasteiger partial charge in [-0.25, -0.2) is 0 Å². The van der Waals surface area contributed by atoms with Gasteiger partial charge in [0.15, 0.2) is 6.10 Å². The average Bonchev–Trinajstić information content (AvgIpc) is 2.41. The van der Waals surface area contributed by atoms with Crippen LogP contribution >= 0.6 is 0 Å². The van der Waals surface area contributed by atoms with Crippen LogP contribution in [-0.2, 0) is 0 Å². The fraction of sp³-hybridized carbons (Fsp3) is 0.625. The number of benzene rings is 1. The van der Waals surface area contributed by atoms with Crippen molar-refractivity contribution in [1.82, 2.24) is 4.90 Å². The Labute approximate surface area is 134 Å². The second-order valence-corrected chi connectivity index (χ2v) is 5.90. The zero-order chi connectivity index (χ0) is 17.8. The second kappa shape index (κ2) is 7.99. The van der Waals surface area contributed by atoms with E-state index in [1.165, 1.54) is 11.9 Å². The van der Waals surface area contributed by atoms with Crippen molar-refractivity contribution in [3.8, 4) is 5.75 Å². The molecule has 1 rings (SSSR count). The highest BCUT2D eigenvalue weighted by Gasteiger charge is 2.38. The summed E-state index contributed by atoms with van der Waals surface area (Å²) in [4.78, 5) is 1.22. The zero-order valence-corrected chi connectivity index (χ0v) is 13.8. The molecule has 0 radical (unpaired) electrons. The van der Waals surface area contributed by atoms with Crippen molar-refractivity contribution in [2.24, 2.45) is 0 Å². The number of rotatable bonds is 7. The molecule has 0 saturated heterocycles. The molecular formula is C16H24F3NO3. The summed E-state index contributed by atoms with van der Waals surface area (Å²) >= 11 is 0. The average molecular weight is 335 g/mol. The van der Waals surface area contributed by atoms with Crippen LogP contribution in [-0.4, -0.2) is 60.2 Å². The molecule has 4 nitrogen and oxygen atoms in total. The standard InChI is InChI=1S/C16H24F3NO3/c1-10-5-6-11(2)15(12(10)3)23-9-13(21)7-20(4)8-14(22)16(17,18)19/h5-6,13-14,21-22H,7-9H2,1-4H3. The Kier molecular flexibility index (Phi) is 6.85. The third-order valence-electron chi connectivity index (χ3n) is 3.68. The number of hydrogen-bond donors (Lipinski definition) is 2. The van der Waals surface area contributed by atoms with Crippen molar-refractivity contribution < 1.29 is 28.1 Å². The van der Waals surface area contributed by atoms with E-state index in [1.54, 1.807) is 0 Å². The Morgan fingerprint density at radius 2 is 1.65 bits per heavy atom. The fourth-order valence-electron chi connectivity index (χ4n) is 2.21. The zero-order valence-electron chi connectivity index (χ0n) is 13.8. The summed E-state index contributed by atoms with van der Waals surface area (Å²) in [6.45, 7) is 5.10. The molecule has 0 aliphatic heterocycles. The van der Waals surface area contributed by atoms with E-state index < -0.39 is 24.9 Å². The Balaban J connectivity index is 2.52. The van der Waals surface area contributed by atoms with E-state index in [9.17, 15) is 18.3 Å². The lowest BCUT2D eigenvalue weighted by molar-refractivity contribution is -0.208. The summed E-state index contributed by atoms with van der Waals surface area (Å²) in [5.41, 5.74) is 2.96. The first-order valence-corrected chi connectivity index (χ1v) is 7.33. The predicted octanol–water partition coefficient (Wildman–Crippen LogP) is 2.21. The van der Waals surface area contributed by atoms with Crippen LogP contribution in [0.2, 0.25) is 0 Å². The Morgan fingerprint density at radius 3 is 2.22 bits per heavy atom. The van der Waals surface area contributed by atoms with Crippen LogP contribution in [0.1, 0.15) is 16.7 Å². The van der Waals surface area contributed by atoms with Crippen molar-refractivity contribution in [1.29, 1.82) is 0 Å². The van der Waals surface area contributed by atoms with Gasteiger partial charge in [0.25, 0.3) is 0 Å². The van der Waals surface area contributed by atoms with Gasteiger partial charge >= 0.3 is 6.18 Å². The summed E-state index contributed by atoms with van der Waals surface area (Å²) in [7, 11) is 1.40. The van der Waals surface area contributed by atoms with Gasteiger partial charge in [-0.15, -0.1) is 0 Å². The van der Waals surface area contributed by atoms with E-state index in [1.807, 2.05) is 32.9 Å². The maximum Gasteiger partial charge on any atom is 0.415 e. The Hall–Kier alpha value is -1.31. The van der Waals surface area contributed by atoms with Crippen molar-refractivity contribution in [3.63, 3.8) is 0 Å². The molecule has 2 unspecified atom stereocenters. The molecule has 0 amide bonds. The lowest BCUT2D eigenvalue weighted by atomic mass is 10.1. The highest BCUT2D eigenvalue weighted by molar-refractivity contribution is 5.44. The van der Waals surface area contributed by atoms with Gasteiger partial charge in [0.05, 0.1) is 0 Å². The predicted molar refractivity (Wildman–Crippen MR) is 81.7 cm³/mol. The molecule has 1 aromatic carbocycles. The number of aryl methyl sites for hydroxylation is 2. The first kappa shape index (κ1) is 19.7. The third-order valence-corrected chi connectivity index (χ3v) is 3.68. The molecule has 2 N–H and O–H groups in total. The van der Waals surface area contributed by atoms with Crippen LogP contribution < -0.4 is 4.74 Å². The quantitative estimate of drug-likeness (QED) is 0.802. The van der Waals surface area contributed by atoms with Gasteiger partial charge < -0.3 is 19.8 Å². The molecule has 0 saturated carbocycles. The largest absolute Gasteiger partial charge is 0.490 e. The van der Waals surface area contributed by atoms with E-state index in [0.29, 0.717) is 5.75 Å². The van der Waals surface area contributed by atoms with Crippen molar-refractivity contribution in [2.45, 2.75) is 39.2 Å². The number of halogens is 3. The Bertz CT molecular complexity index is 520. The summed E-state index contributed by atoms with van der Waals surface area (Å²) in [5.74, 6) is 0.682. The topological polar surface area (TPSA) is 52.9 Å². The van der Waals surface area contributed by atoms with Gasteiger partial charge in [-0.2, -0.15) is 13.2 Å². The molecule has 2 atom stereocenters. The van der Waals surface area contributed by atoms with Crippen molar-refractivity contribution >= 4 is 0 Å². The number of likely N-dealkylation sites (N-methyl/N-ethyl adjacent to an activating group) is 1. The smallest absolute Gasteiger partial charge is 0.415 e. The van der Waals surface area contributed by atoms with Gasteiger partial charge in [-0.1, -0.05) is 12.1 Å². The van der Waals surface area contributed by atoms with Crippen LogP contribution in [0, 0.1) is 20.8 Å². The first-order valence-electron chi connectivity index (χ1n) is 7.33. The van der Waals surface area contributed by atoms with E-state index in [-0.39, 0.29) is 13.2 Å². The first-order chi connectivity index (χ1) is 10.5. The minimum absolute atomic E-state index is 0.0302. The monoisotopic (exact) mass is 335 g/mol. The highest BCUT2D eigenvalue weighted by Crippen LogP contribution is 2.26. The molecule has 0 bridgehead atoms. The molecule has 132 valence electrons. The van der Waals surface area contributed by atoms with Crippen molar-refractivity contribution in [3.05, 3.63) is 28.8 Å². The molecular weight excluding hydrogens is 311 g/mol. The minimum Gasteiger partial charge on any atom is -0.490 e. The minimum atomic E-state index is -4.66. The third kappa shape index (κ3) is 6.01. The molecule has 23 heavy (non-hydrogen) atoms. The number of hydrogen-bond acceptors (Lipinski definition) is 4. The molecule has 7 heteroatoms. The van der Waals surface area contributed by atoms with Crippen LogP contribution in [0.15, 0.2) is 12.1 Å². The van der Waals surface area contributed by atoms with Crippen LogP contribution in [0.3, 0.4) is 0 Å². The summed E-state index contributed by atoms with van der Waals surface area (Å²) in [5, 5.41) is 18.9. The number of alkyl halides is 3. The molecule has 0 aliphatic carbocycles. The van der Waals surface area contributed by atoms with E-state index in [2.05, 4.69) is 0 Å². The lowest BCUT2D eigenvalue weighted by Crippen LogP contribution is -2.42. The number of nitrogens with zero attached hydrogens (tertiary/aromatic N) is 1. The molecule has 0 spiro atoms. The normalized spacial score (nSPS) is 14.9. The molecule has 0 aliphatic rings. The molecule has 0 fully saturated rings. The van der Waals surface area contributed by atoms with Gasteiger partial charge in [-0.05, 0) is 44.5 Å². The van der Waals surface area contributed by atoms with Gasteiger partial charge in [0.2, 0.25) is 0 Å². The SMILES string of the molecule is Cc1ccc(C)c(OCC(O)CN(C)CC(O)C(F)(F)F)c1C. The van der Waals surface area contributed by atoms with E-state index in [0.717, 1.165) is 16.7 Å². The van der Waals surface area contributed by atoms with Crippen LogP contribution in [0.25, 0.3) is 0 Å². The van der Waals surface area contributed by atoms with Gasteiger partial charge in [0.1, 0.15) is 18.5 Å². The van der Waals surface area contributed by atoms with Crippen molar-refractivity contribution in [2.75, 3.05) is 26.7 Å². The van der Waals surface area contributed by atoms with Crippen LogP contribution in [0.4, 0.5) is 13.2 Å². The number of aliphatic hydroxyl groups is 2. The lowest BCUT2D eigenvalue weighted by Gasteiger charge is -2.24. The summed E-state index contributed by atoms with van der Waals surface area (Å²) < 4.78 is 42.5. The maximum absolute atomic E-state index is 12.3. The molecule has 0 aromatic heterocycles. The van der Waals surface area contributed by atoms with E-state index in [4.69, 9.17) is 9.84 Å². The Morgan fingerprint density at radius 1 is 1.09 bits per heavy atom. The second-order valence-electron chi connectivity index (χ2n) is 5.90. The van der Waals surface area contributed by atoms with Gasteiger partial charge in [-0.3, -0.25) is 0 Å². The summed E-state index contributed by atoms with van der Waals surface area (Å²) in [6, 6.07) is 3.89. The fourth-order valence-corrected chi connectivity index (χ4v) is 2.21.